The molecule has 0 radical (unpaired) electrons. The summed E-state index contributed by atoms with van der Waals surface area (Å²) in [5.74, 6) is 0. The van der Waals surface area contributed by atoms with E-state index in [-0.39, 0.29) is 30.9 Å². The molecule has 1 aromatic heterocycles. The van der Waals surface area contributed by atoms with Crippen LogP contribution in [-0.4, -0.2) is 29.9 Å². The Bertz CT molecular complexity index is 274. The van der Waals surface area contributed by atoms with Crippen molar-refractivity contribution < 1.29 is 4.74 Å². The van der Waals surface area contributed by atoms with E-state index in [1.54, 1.807) is 0 Å². The van der Waals surface area contributed by atoms with Crippen LogP contribution in [-0.2, 0) is 11.2 Å². The predicted octanol–water partition coefficient (Wildman–Crippen LogP) is 1.48. The predicted molar refractivity (Wildman–Crippen MR) is 64.0 cm³/mol. The molecule has 1 unspecified atom stereocenters. The molecule has 1 fully saturated rings. The molecule has 0 aliphatic carbocycles. The summed E-state index contributed by atoms with van der Waals surface area (Å²) in [4.78, 5) is 0. The fraction of sp³-hybridized carbons (Fsp3) is 0.667. The molecule has 0 spiro atoms. The molecule has 4 nitrogen and oxygen atoms in total. The molecule has 2 rings (SSSR count). The lowest BCUT2D eigenvalue weighted by Crippen LogP contribution is -2.33. The van der Waals surface area contributed by atoms with Crippen LogP contribution in [0.4, 0.5) is 0 Å². The monoisotopic (exact) mass is 253 g/mol. The maximum atomic E-state index is 5.63. The molecular weight excluding hydrogens is 237 g/mol. The molecule has 15 heavy (non-hydrogen) atoms. The van der Waals surface area contributed by atoms with Crippen molar-refractivity contribution in [3.63, 3.8) is 0 Å². The van der Waals surface area contributed by atoms with Crippen LogP contribution in [0.5, 0.6) is 0 Å². The number of hydrogen-bond donors (Lipinski definition) is 2. The number of aromatic nitrogens is 2. The van der Waals surface area contributed by atoms with Crippen molar-refractivity contribution in [3.8, 4) is 0 Å². The van der Waals surface area contributed by atoms with Gasteiger partial charge in [-0.15, -0.1) is 24.8 Å². The van der Waals surface area contributed by atoms with Crippen molar-refractivity contribution in [1.82, 2.24) is 15.5 Å². The molecule has 1 aromatic rings. The Balaban J connectivity index is 0.000000980. The van der Waals surface area contributed by atoms with E-state index in [0.717, 1.165) is 31.8 Å². The molecule has 2 heterocycles. The topological polar surface area (TPSA) is 49.9 Å². The van der Waals surface area contributed by atoms with E-state index >= 15 is 0 Å². The largest absolute Gasteiger partial charge is 0.369 e. The molecule has 2 N–H and O–H groups in total. The van der Waals surface area contributed by atoms with Crippen LogP contribution in [0.2, 0.25) is 0 Å². The summed E-state index contributed by atoms with van der Waals surface area (Å²) in [6.07, 6.45) is 3.05. The number of nitrogens with zero attached hydrogens (tertiary/aromatic N) is 1. The molecular formula is C9H17Cl2N3O. The van der Waals surface area contributed by atoms with E-state index < -0.39 is 0 Å². The van der Waals surface area contributed by atoms with Gasteiger partial charge in [-0.25, -0.2) is 0 Å². The van der Waals surface area contributed by atoms with Crippen molar-refractivity contribution in [2.45, 2.75) is 19.4 Å². The minimum Gasteiger partial charge on any atom is -0.369 e. The van der Waals surface area contributed by atoms with Gasteiger partial charge in [-0.3, -0.25) is 5.10 Å². The van der Waals surface area contributed by atoms with Crippen LogP contribution in [0, 0.1) is 0 Å². The van der Waals surface area contributed by atoms with E-state index in [1.165, 1.54) is 5.56 Å². The summed E-state index contributed by atoms with van der Waals surface area (Å²) < 4.78 is 5.63. The molecule has 1 aliphatic heterocycles. The average molecular weight is 254 g/mol. The van der Waals surface area contributed by atoms with Crippen molar-refractivity contribution >= 4 is 24.8 Å². The number of ether oxygens (including phenoxy) is 1. The Hall–Kier alpha value is -0.290. The smallest absolute Gasteiger partial charge is 0.112 e. The van der Waals surface area contributed by atoms with Crippen LogP contribution in [0.15, 0.2) is 6.20 Å². The Labute approximate surface area is 102 Å². The third-order valence-corrected chi connectivity index (χ3v) is 2.38. The van der Waals surface area contributed by atoms with Crippen molar-refractivity contribution in [3.05, 3.63) is 17.5 Å². The van der Waals surface area contributed by atoms with E-state index in [1.807, 2.05) is 6.20 Å². The fourth-order valence-corrected chi connectivity index (χ4v) is 1.63. The second-order valence-electron chi connectivity index (χ2n) is 3.23. The van der Waals surface area contributed by atoms with Gasteiger partial charge < -0.3 is 10.1 Å². The zero-order valence-electron chi connectivity index (χ0n) is 8.66. The lowest BCUT2D eigenvalue weighted by Gasteiger charge is -2.23. The van der Waals surface area contributed by atoms with Crippen LogP contribution in [0.25, 0.3) is 0 Å². The lowest BCUT2D eigenvalue weighted by atomic mass is 10.1. The first kappa shape index (κ1) is 14.7. The Morgan fingerprint density at radius 2 is 2.33 bits per heavy atom. The van der Waals surface area contributed by atoms with Crippen molar-refractivity contribution in [2.75, 3.05) is 19.7 Å². The van der Waals surface area contributed by atoms with Crippen LogP contribution < -0.4 is 5.32 Å². The molecule has 0 bridgehead atoms. The SMILES string of the molecule is CCc1cn[nH]c1C1CNCCO1.Cl.Cl. The number of hydrogen-bond acceptors (Lipinski definition) is 3. The molecule has 88 valence electrons. The van der Waals surface area contributed by atoms with Gasteiger partial charge >= 0.3 is 0 Å². The fourth-order valence-electron chi connectivity index (χ4n) is 1.63. The summed E-state index contributed by atoms with van der Waals surface area (Å²) in [5.41, 5.74) is 2.39. The van der Waals surface area contributed by atoms with Crippen LogP contribution in [0.1, 0.15) is 24.3 Å². The van der Waals surface area contributed by atoms with E-state index in [9.17, 15) is 0 Å². The van der Waals surface area contributed by atoms with Gasteiger partial charge in [0.15, 0.2) is 0 Å². The number of rotatable bonds is 2. The number of halogens is 2. The molecule has 1 atom stereocenters. The summed E-state index contributed by atoms with van der Waals surface area (Å²) in [6.45, 7) is 4.75. The van der Waals surface area contributed by atoms with E-state index in [0.29, 0.717) is 0 Å². The van der Waals surface area contributed by atoms with Crippen LogP contribution >= 0.6 is 24.8 Å². The lowest BCUT2D eigenvalue weighted by molar-refractivity contribution is 0.0245. The minimum absolute atomic E-state index is 0. The van der Waals surface area contributed by atoms with Gasteiger partial charge in [0.05, 0.1) is 18.5 Å². The number of H-pyrrole nitrogens is 1. The summed E-state index contributed by atoms with van der Waals surface area (Å²) >= 11 is 0. The third kappa shape index (κ3) is 3.34. The summed E-state index contributed by atoms with van der Waals surface area (Å²) in [7, 11) is 0. The highest BCUT2D eigenvalue weighted by atomic mass is 35.5. The maximum Gasteiger partial charge on any atom is 0.112 e. The highest BCUT2D eigenvalue weighted by molar-refractivity contribution is 5.85. The first-order valence-corrected chi connectivity index (χ1v) is 4.76. The van der Waals surface area contributed by atoms with Gasteiger partial charge in [-0.2, -0.15) is 5.10 Å². The highest BCUT2D eigenvalue weighted by Crippen LogP contribution is 2.20. The van der Waals surface area contributed by atoms with Crippen molar-refractivity contribution in [2.24, 2.45) is 0 Å². The molecule has 0 amide bonds. The molecule has 1 aliphatic rings. The van der Waals surface area contributed by atoms with Gasteiger partial charge in [0, 0.05) is 13.1 Å². The molecule has 0 aromatic carbocycles. The summed E-state index contributed by atoms with van der Waals surface area (Å²) in [5, 5.41) is 10.3. The van der Waals surface area contributed by atoms with E-state index in [2.05, 4.69) is 22.4 Å². The quantitative estimate of drug-likeness (QED) is 0.840. The Kier molecular flexibility index (Phi) is 6.92. The maximum absolute atomic E-state index is 5.63. The number of aromatic amines is 1. The number of morpholine rings is 1. The first-order valence-electron chi connectivity index (χ1n) is 4.76. The second-order valence-corrected chi connectivity index (χ2v) is 3.23. The molecule has 6 heteroatoms. The highest BCUT2D eigenvalue weighted by Gasteiger charge is 2.19. The molecule has 1 saturated heterocycles. The van der Waals surface area contributed by atoms with Gasteiger partial charge in [0.2, 0.25) is 0 Å². The average Bonchev–Trinajstić information content (AvgIpc) is 2.67. The van der Waals surface area contributed by atoms with Crippen LogP contribution in [0.3, 0.4) is 0 Å². The Morgan fingerprint density at radius 3 is 2.93 bits per heavy atom. The number of aryl methyl sites for hydroxylation is 1. The second kappa shape index (κ2) is 7.06. The normalized spacial score (nSPS) is 20.2. The van der Waals surface area contributed by atoms with Gasteiger partial charge in [-0.1, -0.05) is 6.92 Å². The standard InChI is InChI=1S/C9H15N3O.2ClH/c1-2-7-5-11-12-9(7)8-6-10-3-4-13-8;;/h5,8,10H,2-4,6H2,1H3,(H,11,12);2*1H. The molecule has 0 saturated carbocycles. The number of nitrogens with one attached hydrogen (secondary N) is 2. The van der Waals surface area contributed by atoms with Crippen molar-refractivity contribution in [1.29, 1.82) is 0 Å². The zero-order chi connectivity index (χ0) is 9.10. The van der Waals surface area contributed by atoms with E-state index in [4.69, 9.17) is 4.74 Å². The summed E-state index contributed by atoms with van der Waals surface area (Å²) in [6, 6.07) is 0. The van der Waals surface area contributed by atoms with Gasteiger partial charge in [0.25, 0.3) is 0 Å². The zero-order valence-corrected chi connectivity index (χ0v) is 10.3. The minimum atomic E-state index is 0. The first-order chi connectivity index (χ1) is 6.42. The Morgan fingerprint density at radius 1 is 1.53 bits per heavy atom. The van der Waals surface area contributed by atoms with Gasteiger partial charge in [-0.05, 0) is 12.0 Å². The van der Waals surface area contributed by atoms with Gasteiger partial charge in [0.1, 0.15) is 6.10 Å². The third-order valence-electron chi connectivity index (χ3n) is 2.38.